The number of halogens is 1. The topological polar surface area (TPSA) is 20.3 Å². The molecule has 0 saturated heterocycles. The molecule has 1 amide bonds. The van der Waals surface area contributed by atoms with E-state index >= 15 is 0 Å². The zero-order valence-corrected chi connectivity index (χ0v) is 15.4. The molecule has 0 heterocycles. The van der Waals surface area contributed by atoms with Gasteiger partial charge in [0.2, 0.25) is 0 Å². The average molecular weight is 427 g/mol. The van der Waals surface area contributed by atoms with Crippen molar-refractivity contribution in [3.8, 4) is 0 Å². The summed E-state index contributed by atoms with van der Waals surface area (Å²) in [4.78, 5) is 14.9. The van der Waals surface area contributed by atoms with Gasteiger partial charge in [-0.1, -0.05) is 60.7 Å². The number of benzene rings is 3. The largest absolute Gasteiger partial charge is 0.330 e. The molecule has 3 heteroatoms. The fraction of sp³-hybridized carbons (Fsp3) is 0.0952. The van der Waals surface area contributed by atoms with Crippen LogP contribution in [0, 0.1) is 3.57 Å². The highest BCUT2D eigenvalue weighted by molar-refractivity contribution is 14.1. The Morgan fingerprint density at radius 3 is 1.62 bits per heavy atom. The number of carbonyl (C=O) groups excluding carboxylic acids is 1. The Kier molecular flexibility index (Phi) is 5.64. The Morgan fingerprint density at radius 2 is 1.17 bits per heavy atom. The zero-order chi connectivity index (χ0) is 16.8. The lowest BCUT2D eigenvalue weighted by atomic mass is 10.1. The van der Waals surface area contributed by atoms with Gasteiger partial charge in [-0.2, -0.15) is 0 Å². The van der Waals surface area contributed by atoms with E-state index in [-0.39, 0.29) is 5.91 Å². The highest BCUT2D eigenvalue weighted by Crippen LogP contribution is 2.15. The summed E-state index contributed by atoms with van der Waals surface area (Å²) in [6, 6.07) is 28.0. The fourth-order valence-electron chi connectivity index (χ4n) is 2.58. The van der Waals surface area contributed by atoms with Crippen molar-refractivity contribution in [2.45, 2.75) is 13.1 Å². The van der Waals surface area contributed by atoms with Crippen LogP contribution in [0.1, 0.15) is 21.5 Å². The third-order valence-corrected chi connectivity index (χ3v) is 4.53. The molecule has 120 valence electrons. The van der Waals surface area contributed by atoms with Crippen LogP contribution in [0.2, 0.25) is 0 Å². The fourth-order valence-corrected chi connectivity index (χ4v) is 2.94. The summed E-state index contributed by atoms with van der Waals surface area (Å²) in [5, 5.41) is 0. The smallest absolute Gasteiger partial charge is 0.254 e. The van der Waals surface area contributed by atoms with Crippen molar-refractivity contribution in [3.63, 3.8) is 0 Å². The first-order valence-electron chi connectivity index (χ1n) is 7.85. The molecule has 0 N–H and O–H groups in total. The van der Waals surface area contributed by atoms with E-state index < -0.39 is 0 Å². The summed E-state index contributed by atoms with van der Waals surface area (Å²) in [5.41, 5.74) is 2.99. The van der Waals surface area contributed by atoms with Gasteiger partial charge in [0, 0.05) is 22.2 Å². The van der Waals surface area contributed by atoms with Crippen molar-refractivity contribution in [1.82, 2.24) is 4.90 Å². The third-order valence-electron chi connectivity index (χ3n) is 3.81. The Balaban J connectivity index is 1.85. The van der Waals surface area contributed by atoms with Crippen LogP contribution in [-0.4, -0.2) is 10.8 Å². The number of rotatable bonds is 5. The van der Waals surface area contributed by atoms with Crippen molar-refractivity contribution >= 4 is 28.5 Å². The van der Waals surface area contributed by atoms with Crippen molar-refractivity contribution in [1.29, 1.82) is 0 Å². The second-order valence-electron chi connectivity index (χ2n) is 5.64. The second kappa shape index (κ2) is 8.11. The molecule has 0 radical (unpaired) electrons. The van der Waals surface area contributed by atoms with Crippen LogP contribution in [0.3, 0.4) is 0 Å². The maximum Gasteiger partial charge on any atom is 0.254 e. The minimum absolute atomic E-state index is 0.0547. The Hall–Kier alpha value is -2.14. The predicted octanol–water partition coefficient (Wildman–Crippen LogP) is 5.13. The number of amides is 1. The lowest BCUT2D eigenvalue weighted by Gasteiger charge is -2.23. The van der Waals surface area contributed by atoms with E-state index in [1.54, 1.807) is 0 Å². The number of hydrogen-bond donors (Lipinski definition) is 0. The highest BCUT2D eigenvalue weighted by Gasteiger charge is 2.16. The van der Waals surface area contributed by atoms with E-state index in [4.69, 9.17) is 0 Å². The first-order valence-corrected chi connectivity index (χ1v) is 8.93. The van der Waals surface area contributed by atoms with Crippen LogP contribution in [0.4, 0.5) is 0 Å². The molecule has 2 nitrogen and oxygen atoms in total. The molecule has 24 heavy (non-hydrogen) atoms. The van der Waals surface area contributed by atoms with Gasteiger partial charge < -0.3 is 4.90 Å². The average Bonchev–Trinajstić information content (AvgIpc) is 2.63. The monoisotopic (exact) mass is 427 g/mol. The standard InChI is InChI=1S/C21H18INO/c22-20-13-11-19(12-14-20)21(24)23(15-17-7-3-1-4-8-17)16-18-9-5-2-6-10-18/h1-14H,15-16H2. The summed E-state index contributed by atoms with van der Waals surface area (Å²) in [6.07, 6.45) is 0. The molecule has 0 aliphatic carbocycles. The summed E-state index contributed by atoms with van der Waals surface area (Å²) < 4.78 is 1.13. The molecule has 3 rings (SSSR count). The Morgan fingerprint density at radius 1 is 0.708 bits per heavy atom. The Bertz CT molecular complexity index is 744. The van der Waals surface area contributed by atoms with Crippen LogP contribution < -0.4 is 0 Å². The van der Waals surface area contributed by atoms with Gasteiger partial charge in [0.15, 0.2) is 0 Å². The summed E-state index contributed by atoms with van der Waals surface area (Å²) in [5.74, 6) is 0.0547. The maximum atomic E-state index is 13.0. The molecule has 0 aromatic heterocycles. The van der Waals surface area contributed by atoms with Gasteiger partial charge in [0.25, 0.3) is 5.91 Å². The van der Waals surface area contributed by atoms with E-state index in [0.717, 1.165) is 20.3 Å². The lowest BCUT2D eigenvalue weighted by molar-refractivity contribution is 0.0730. The molecular weight excluding hydrogens is 409 g/mol. The van der Waals surface area contributed by atoms with Crippen LogP contribution in [-0.2, 0) is 13.1 Å². The van der Waals surface area contributed by atoms with Crippen molar-refractivity contribution in [2.75, 3.05) is 0 Å². The van der Waals surface area contributed by atoms with Crippen LogP contribution >= 0.6 is 22.6 Å². The van der Waals surface area contributed by atoms with Crippen molar-refractivity contribution in [3.05, 3.63) is 105 Å². The van der Waals surface area contributed by atoms with Crippen LogP contribution in [0.5, 0.6) is 0 Å². The van der Waals surface area contributed by atoms with E-state index in [2.05, 4.69) is 46.9 Å². The van der Waals surface area contributed by atoms with Gasteiger partial charge in [-0.25, -0.2) is 0 Å². The van der Waals surface area contributed by atoms with Crippen LogP contribution in [0.15, 0.2) is 84.9 Å². The van der Waals surface area contributed by atoms with Crippen molar-refractivity contribution in [2.24, 2.45) is 0 Å². The van der Waals surface area contributed by atoms with Gasteiger partial charge in [-0.3, -0.25) is 4.79 Å². The zero-order valence-electron chi connectivity index (χ0n) is 13.2. The molecule has 3 aromatic carbocycles. The number of hydrogen-bond acceptors (Lipinski definition) is 1. The minimum atomic E-state index is 0.0547. The third kappa shape index (κ3) is 4.45. The molecule has 0 atom stereocenters. The molecule has 3 aromatic rings. The summed E-state index contributed by atoms with van der Waals surface area (Å²) in [6.45, 7) is 1.20. The maximum absolute atomic E-state index is 13.0. The molecule has 0 fully saturated rings. The second-order valence-corrected chi connectivity index (χ2v) is 6.88. The molecular formula is C21H18INO. The molecule has 0 aliphatic heterocycles. The van der Waals surface area contributed by atoms with Gasteiger partial charge in [-0.15, -0.1) is 0 Å². The first-order chi connectivity index (χ1) is 11.7. The number of carbonyl (C=O) groups is 1. The lowest BCUT2D eigenvalue weighted by Crippen LogP contribution is -2.30. The SMILES string of the molecule is O=C(c1ccc(I)cc1)N(Cc1ccccc1)Cc1ccccc1. The van der Waals surface area contributed by atoms with Gasteiger partial charge in [-0.05, 0) is 58.0 Å². The predicted molar refractivity (Wildman–Crippen MR) is 106 cm³/mol. The Labute approximate surface area is 156 Å². The quantitative estimate of drug-likeness (QED) is 0.517. The highest BCUT2D eigenvalue weighted by atomic mass is 127. The van der Waals surface area contributed by atoms with Crippen LogP contribution in [0.25, 0.3) is 0 Å². The molecule has 0 bridgehead atoms. The van der Waals surface area contributed by atoms with E-state index in [1.165, 1.54) is 0 Å². The van der Waals surface area contributed by atoms with Gasteiger partial charge >= 0.3 is 0 Å². The van der Waals surface area contributed by atoms with E-state index in [9.17, 15) is 4.79 Å². The summed E-state index contributed by atoms with van der Waals surface area (Å²) >= 11 is 2.25. The summed E-state index contributed by atoms with van der Waals surface area (Å²) in [7, 11) is 0. The van der Waals surface area contributed by atoms with E-state index in [0.29, 0.717) is 13.1 Å². The van der Waals surface area contributed by atoms with E-state index in [1.807, 2.05) is 65.6 Å². The van der Waals surface area contributed by atoms with Crippen molar-refractivity contribution < 1.29 is 4.79 Å². The minimum Gasteiger partial charge on any atom is -0.330 e. The molecule has 0 spiro atoms. The normalized spacial score (nSPS) is 10.4. The number of nitrogens with zero attached hydrogens (tertiary/aromatic N) is 1. The van der Waals surface area contributed by atoms with Gasteiger partial charge in [0.05, 0.1) is 0 Å². The first kappa shape index (κ1) is 16.7. The van der Waals surface area contributed by atoms with Gasteiger partial charge in [0.1, 0.15) is 0 Å². The molecule has 0 saturated carbocycles. The molecule has 0 unspecified atom stereocenters. The molecule has 0 aliphatic rings.